The topological polar surface area (TPSA) is 117 Å². The first kappa shape index (κ1) is 28.8. The van der Waals surface area contributed by atoms with Crippen LogP contribution in [0.2, 0.25) is 0 Å². The maximum atomic E-state index is 13.7. The van der Waals surface area contributed by atoms with Gasteiger partial charge < -0.3 is 30.1 Å². The molecule has 2 aromatic rings. The third-order valence-electron chi connectivity index (χ3n) is 7.13. The summed E-state index contributed by atoms with van der Waals surface area (Å²) < 4.78 is 11.6. The smallest absolute Gasteiger partial charge is 0.200 e. The molecule has 0 spiro atoms. The molecule has 2 unspecified atom stereocenters. The van der Waals surface area contributed by atoms with Gasteiger partial charge in [-0.2, -0.15) is 0 Å². The van der Waals surface area contributed by atoms with E-state index < -0.39 is 19.7 Å². The Bertz CT molecular complexity index is 1180. The second kappa shape index (κ2) is 12.7. The lowest BCUT2D eigenvalue weighted by atomic mass is 9.81. The third kappa shape index (κ3) is 5.84. The van der Waals surface area contributed by atoms with Crippen molar-refractivity contribution in [1.82, 2.24) is 0 Å². The Kier molecular flexibility index (Phi) is 9.64. The molecule has 4 rings (SSSR count). The van der Waals surface area contributed by atoms with Crippen molar-refractivity contribution in [2.75, 3.05) is 48.8 Å². The maximum absolute atomic E-state index is 13.7. The summed E-state index contributed by atoms with van der Waals surface area (Å²) in [6.07, 6.45) is 4.74. The normalized spacial score (nSPS) is 20.2. The van der Waals surface area contributed by atoms with Crippen LogP contribution in [0.15, 0.2) is 24.3 Å². The second-order valence-electron chi connectivity index (χ2n) is 9.50. The molecule has 4 N–H and O–H groups in total. The van der Waals surface area contributed by atoms with Gasteiger partial charge in [-0.1, -0.05) is 13.8 Å². The lowest BCUT2D eigenvalue weighted by Crippen LogP contribution is -2.31. The lowest BCUT2D eigenvalue weighted by molar-refractivity contribution is 0.0603. The van der Waals surface area contributed by atoms with Crippen LogP contribution in [0.5, 0.6) is 11.5 Å². The fraction of sp³-hybridized carbons (Fsp3) is 0.500. The average Bonchev–Trinajstić information content (AvgIpc) is 2.90. The van der Waals surface area contributed by atoms with Crippen molar-refractivity contribution in [2.45, 2.75) is 52.2 Å². The molecule has 1 saturated heterocycles. The molecule has 2 aromatic carbocycles. The first-order valence-corrected chi connectivity index (χ1v) is 16.7. The van der Waals surface area contributed by atoms with Gasteiger partial charge in [0.05, 0.1) is 40.6 Å². The van der Waals surface area contributed by atoms with Crippen LogP contribution >= 0.6 is 16.1 Å². The van der Waals surface area contributed by atoms with E-state index in [0.717, 1.165) is 31.3 Å². The number of ketones is 2. The average molecular weight is 561 g/mol. The Morgan fingerprint density at radius 3 is 1.82 bits per heavy atom. The number of hydrogen-bond acceptors (Lipinski definition) is 8. The summed E-state index contributed by atoms with van der Waals surface area (Å²) in [5, 5.41) is 27.8. The Labute approximate surface area is 227 Å². The van der Waals surface area contributed by atoms with Crippen LogP contribution in [-0.2, 0) is 9.26 Å². The summed E-state index contributed by atoms with van der Waals surface area (Å²) in [5.74, 6) is -0.819. The monoisotopic (exact) mass is 560 g/mol. The number of fused-ring (bicyclic) bond motifs is 2. The molecule has 2 atom stereocenters. The fourth-order valence-electron chi connectivity index (χ4n) is 5.08. The minimum Gasteiger partial charge on any atom is -0.507 e. The van der Waals surface area contributed by atoms with Crippen molar-refractivity contribution in [3.8, 4) is 11.5 Å². The van der Waals surface area contributed by atoms with Crippen LogP contribution in [0.25, 0.3) is 0 Å². The molecule has 0 saturated carbocycles. The van der Waals surface area contributed by atoms with Gasteiger partial charge in [0, 0.05) is 32.6 Å². The summed E-state index contributed by atoms with van der Waals surface area (Å²) in [5.41, 5.74) is 1.08. The highest BCUT2D eigenvalue weighted by Gasteiger charge is 2.38. The van der Waals surface area contributed by atoms with E-state index >= 15 is 0 Å². The first-order chi connectivity index (χ1) is 18.3. The largest absolute Gasteiger partial charge is 0.507 e. The first-order valence-electron chi connectivity index (χ1n) is 13.4. The zero-order valence-corrected chi connectivity index (χ0v) is 24.3. The highest BCUT2D eigenvalue weighted by Crippen LogP contribution is 2.57. The van der Waals surface area contributed by atoms with Gasteiger partial charge in [0.25, 0.3) is 0 Å². The predicted molar refractivity (Wildman–Crippen MR) is 155 cm³/mol. The van der Waals surface area contributed by atoms with Gasteiger partial charge >= 0.3 is 0 Å². The third-order valence-corrected chi connectivity index (χ3v) is 12.0. The van der Waals surface area contributed by atoms with E-state index in [1.165, 1.54) is 12.1 Å². The number of aromatic hydroxyl groups is 2. The number of phenolic OH excluding ortho intramolecular Hbond substituents is 2. The molecule has 0 aromatic heterocycles. The van der Waals surface area contributed by atoms with E-state index in [1.807, 2.05) is 0 Å². The van der Waals surface area contributed by atoms with E-state index in [0.29, 0.717) is 42.8 Å². The van der Waals surface area contributed by atoms with Gasteiger partial charge in [0.15, 0.2) is 0 Å². The highest BCUT2D eigenvalue weighted by atomic mass is 31.1. The van der Waals surface area contributed by atoms with Crippen molar-refractivity contribution < 1.29 is 29.1 Å². The van der Waals surface area contributed by atoms with Crippen LogP contribution in [-0.4, -0.2) is 71.7 Å². The molecule has 206 valence electrons. The number of carbonyl (C=O) groups is 2. The molecule has 38 heavy (non-hydrogen) atoms. The summed E-state index contributed by atoms with van der Waals surface area (Å²) in [4.78, 5) is 27.3. The molecule has 1 fully saturated rings. The van der Waals surface area contributed by atoms with Crippen molar-refractivity contribution in [3.05, 3.63) is 46.5 Å². The van der Waals surface area contributed by atoms with E-state index in [4.69, 9.17) is 9.26 Å². The molecule has 2 aliphatic rings. The number of hydrogen-bond donors (Lipinski definition) is 4. The van der Waals surface area contributed by atoms with Crippen molar-refractivity contribution >= 4 is 39.0 Å². The van der Waals surface area contributed by atoms with E-state index in [2.05, 4.69) is 38.3 Å². The van der Waals surface area contributed by atoms with E-state index in [-0.39, 0.29) is 41.7 Å². The molecule has 0 amide bonds. The highest BCUT2D eigenvalue weighted by molar-refractivity contribution is 7.60. The summed E-state index contributed by atoms with van der Waals surface area (Å²) in [6, 6.07) is 6.10. The van der Waals surface area contributed by atoms with Crippen LogP contribution in [0.4, 0.5) is 11.4 Å². The van der Waals surface area contributed by atoms with Crippen molar-refractivity contribution in [3.63, 3.8) is 0 Å². The van der Waals surface area contributed by atoms with Crippen LogP contribution in [0.3, 0.4) is 0 Å². The second-order valence-corrected chi connectivity index (χ2v) is 14.9. The Hall–Kier alpha value is -2.24. The minimum absolute atomic E-state index is 0.0278. The molecule has 10 heteroatoms. The molecule has 0 bridgehead atoms. The molecular weight excluding hydrogens is 522 g/mol. The van der Waals surface area contributed by atoms with Gasteiger partial charge in [-0.15, -0.1) is 0 Å². The zero-order chi connectivity index (χ0) is 27.4. The Morgan fingerprint density at radius 2 is 1.34 bits per heavy atom. The quantitative estimate of drug-likeness (QED) is 0.112. The molecule has 8 nitrogen and oxygen atoms in total. The number of ether oxygens (including phenoxy) is 1. The number of anilines is 2. The Balaban J connectivity index is 1.50. The van der Waals surface area contributed by atoms with Gasteiger partial charge in [-0.05, 0) is 77.4 Å². The number of carbonyl (C=O) groups excluding carboxylic acids is 2. The van der Waals surface area contributed by atoms with Gasteiger partial charge in [0.2, 0.25) is 11.6 Å². The van der Waals surface area contributed by atoms with Crippen LogP contribution < -0.4 is 10.6 Å². The van der Waals surface area contributed by atoms with Gasteiger partial charge in [-0.25, -0.2) is 0 Å². The standard InChI is InChI=1S/C28H38N2O6P2/c1-5-37(6-2)35-15-7-13-29-19-9-11-21(31)25-23(19)27(33)26-22(32)12-10-20(24(26)28(25)34)30-14-8-16-38-17(3)36-18(38)4/h9-12,17-18,29-32H,5-8,13-16H2,1-4H3. The van der Waals surface area contributed by atoms with E-state index in [1.54, 1.807) is 12.1 Å². The van der Waals surface area contributed by atoms with Gasteiger partial charge in [0.1, 0.15) is 11.5 Å². The van der Waals surface area contributed by atoms with Gasteiger partial charge in [-0.3, -0.25) is 9.59 Å². The summed E-state index contributed by atoms with van der Waals surface area (Å²) in [6.45, 7) is 10.2. The van der Waals surface area contributed by atoms with Crippen LogP contribution in [0, 0.1) is 0 Å². The number of rotatable bonds is 13. The number of nitrogens with one attached hydrogen (secondary N) is 2. The zero-order valence-electron chi connectivity index (χ0n) is 22.5. The van der Waals surface area contributed by atoms with E-state index in [9.17, 15) is 19.8 Å². The van der Waals surface area contributed by atoms with Crippen molar-refractivity contribution in [2.24, 2.45) is 0 Å². The summed E-state index contributed by atoms with van der Waals surface area (Å²) in [7, 11) is -0.556. The molecule has 0 radical (unpaired) electrons. The SMILES string of the molecule is CCP(CC)OCCCNc1ccc(O)c2c1C(=O)c1c(O)ccc(NCCCP3C(C)OC3C)c1C2=O. The summed E-state index contributed by atoms with van der Waals surface area (Å²) >= 11 is 0. The molecule has 1 heterocycles. The Morgan fingerprint density at radius 1 is 0.842 bits per heavy atom. The maximum Gasteiger partial charge on any atom is 0.200 e. The number of phenols is 2. The fourth-order valence-corrected chi connectivity index (χ4v) is 8.61. The van der Waals surface area contributed by atoms with Crippen LogP contribution in [0.1, 0.15) is 72.4 Å². The molecule has 1 aliphatic heterocycles. The van der Waals surface area contributed by atoms with Crippen molar-refractivity contribution in [1.29, 1.82) is 0 Å². The molecular formula is C28H38N2O6P2. The minimum atomic E-state index is -0.483. The lowest BCUT2D eigenvalue weighted by Gasteiger charge is -2.41. The molecule has 1 aliphatic carbocycles. The number of benzene rings is 2. The predicted octanol–water partition coefficient (Wildman–Crippen LogP) is 6.13.